The van der Waals surface area contributed by atoms with E-state index in [1.54, 1.807) is 0 Å². The van der Waals surface area contributed by atoms with Gasteiger partial charge in [-0.05, 0) is 61.7 Å². The molecule has 3 aliphatic rings. The van der Waals surface area contributed by atoms with E-state index in [1.807, 2.05) is 11.8 Å². The van der Waals surface area contributed by atoms with Crippen molar-refractivity contribution < 1.29 is 4.74 Å². The van der Waals surface area contributed by atoms with Crippen LogP contribution in [0.15, 0.2) is 0 Å². The van der Waals surface area contributed by atoms with Gasteiger partial charge in [-0.1, -0.05) is 6.92 Å². The standard InChI is InChI=1S/C17H30OS4/c1-12-3-5-16(20-8-12)6-4-14-9-21-17(22-10-14)15-7-18-13(2)19-11-15/h12-17H,3-11H2,1-2H3. The average Bonchev–Trinajstić information content (AvgIpc) is 2.56. The van der Waals surface area contributed by atoms with Gasteiger partial charge in [0.1, 0.15) is 0 Å². The maximum atomic E-state index is 5.84. The molecule has 128 valence electrons. The number of rotatable bonds is 4. The Bertz CT molecular complexity index is 317. The van der Waals surface area contributed by atoms with Crippen molar-refractivity contribution in [3.05, 3.63) is 0 Å². The lowest BCUT2D eigenvalue weighted by Crippen LogP contribution is -2.33. The molecule has 0 aromatic carbocycles. The molecule has 3 saturated heterocycles. The largest absolute Gasteiger partial charge is 0.368 e. The zero-order valence-electron chi connectivity index (χ0n) is 13.9. The second-order valence-electron chi connectivity index (χ2n) is 7.11. The molecule has 1 nitrogen and oxygen atoms in total. The monoisotopic (exact) mass is 378 g/mol. The van der Waals surface area contributed by atoms with Crippen molar-refractivity contribution in [1.82, 2.24) is 0 Å². The molecule has 3 aliphatic heterocycles. The molecule has 0 saturated carbocycles. The lowest BCUT2D eigenvalue weighted by molar-refractivity contribution is 0.0907. The van der Waals surface area contributed by atoms with Crippen LogP contribution in [0.4, 0.5) is 0 Å². The molecule has 3 fully saturated rings. The van der Waals surface area contributed by atoms with Gasteiger partial charge in [-0.3, -0.25) is 0 Å². The van der Waals surface area contributed by atoms with E-state index in [4.69, 9.17) is 4.74 Å². The fraction of sp³-hybridized carbons (Fsp3) is 1.00. The van der Waals surface area contributed by atoms with Crippen LogP contribution >= 0.6 is 47.0 Å². The molecule has 4 unspecified atom stereocenters. The van der Waals surface area contributed by atoms with E-state index in [0.717, 1.165) is 34.2 Å². The van der Waals surface area contributed by atoms with Gasteiger partial charge < -0.3 is 4.74 Å². The van der Waals surface area contributed by atoms with Crippen LogP contribution in [-0.2, 0) is 4.74 Å². The van der Waals surface area contributed by atoms with Gasteiger partial charge in [0.25, 0.3) is 0 Å². The maximum Gasteiger partial charge on any atom is 0.0999 e. The van der Waals surface area contributed by atoms with Crippen molar-refractivity contribution in [3.8, 4) is 0 Å². The van der Waals surface area contributed by atoms with Gasteiger partial charge in [-0.25, -0.2) is 0 Å². The number of hydrogen-bond acceptors (Lipinski definition) is 5. The fourth-order valence-corrected chi connectivity index (χ4v) is 9.35. The quantitative estimate of drug-likeness (QED) is 0.641. The fourth-order valence-electron chi connectivity index (χ4n) is 3.36. The van der Waals surface area contributed by atoms with Crippen LogP contribution in [0.3, 0.4) is 0 Å². The summed E-state index contributed by atoms with van der Waals surface area (Å²) in [5.74, 6) is 8.17. The topological polar surface area (TPSA) is 9.23 Å². The Hall–Kier alpha value is 1.36. The van der Waals surface area contributed by atoms with Gasteiger partial charge in [0, 0.05) is 16.9 Å². The van der Waals surface area contributed by atoms with Gasteiger partial charge >= 0.3 is 0 Å². The third kappa shape index (κ3) is 5.44. The number of hydrogen-bond donors (Lipinski definition) is 0. The normalized spacial score (nSPS) is 43.9. The molecular weight excluding hydrogens is 348 g/mol. The summed E-state index contributed by atoms with van der Waals surface area (Å²) in [6, 6.07) is 0. The van der Waals surface area contributed by atoms with Crippen molar-refractivity contribution in [3.63, 3.8) is 0 Å². The molecule has 3 heterocycles. The Kier molecular flexibility index (Phi) is 7.57. The maximum absolute atomic E-state index is 5.84. The molecule has 0 bridgehead atoms. The third-order valence-corrected chi connectivity index (χ3v) is 11.5. The van der Waals surface area contributed by atoms with Crippen LogP contribution in [0.25, 0.3) is 0 Å². The summed E-state index contributed by atoms with van der Waals surface area (Å²) in [6.07, 6.45) is 5.86. The molecule has 5 heteroatoms. The molecule has 0 aromatic heterocycles. The summed E-state index contributed by atoms with van der Waals surface area (Å²) in [5, 5.41) is 0.966. The van der Waals surface area contributed by atoms with Crippen LogP contribution in [0, 0.1) is 17.8 Å². The van der Waals surface area contributed by atoms with Crippen LogP contribution in [0.2, 0.25) is 0 Å². The Morgan fingerprint density at radius 3 is 2.32 bits per heavy atom. The van der Waals surface area contributed by atoms with Crippen molar-refractivity contribution in [1.29, 1.82) is 0 Å². The molecule has 0 amide bonds. The predicted octanol–water partition coefficient (Wildman–Crippen LogP) is 5.45. The average molecular weight is 379 g/mol. The Balaban J connectivity index is 1.32. The molecular formula is C17H30OS4. The Morgan fingerprint density at radius 1 is 0.864 bits per heavy atom. The lowest BCUT2D eigenvalue weighted by Gasteiger charge is -2.36. The van der Waals surface area contributed by atoms with Gasteiger partial charge in [0.15, 0.2) is 0 Å². The summed E-state index contributed by atoms with van der Waals surface area (Å²) in [6.45, 7) is 5.58. The first-order valence-electron chi connectivity index (χ1n) is 8.78. The van der Waals surface area contributed by atoms with E-state index in [9.17, 15) is 0 Å². The predicted molar refractivity (Wildman–Crippen MR) is 107 cm³/mol. The lowest BCUT2D eigenvalue weighted by atomic mass is 10.00. The number of thioether (sulfide) groups is 4. The first-order chi connectivity index (χ1) is 10.7. The van der Waals surface area contributed by atoms with Gasteiger partial charge in [0.05, 0.1) is 16.6 Å². The summed E-state index contributed by atoms with van der Waals surface area (Å²) in [4.78, 5) is 0. The Labute approximate surface area is 153 Å². The molecule has 4 atom stereocenters. The van der Waals surface area contributed by atoms with E-state index in [0.29, 0.717) is 5.44 Å². The van der Waals surface area contributed by atoms with Crippen molar-refractivity contribution >= 4 is 47.0 Å². The second kappa shape index (κ2) is 9.17. The van der Waals surface area contributed by atoms with Gasteiger partial charge in [0.2, 0.25) is 0 Å². The molecule has 0 spiro atoms. The smallest absolute Gasteiger partial charge is 0.0999 e. The first kappa shape index (κ1) is 18.2. The van der Waals surface area contributed by atoms with Crippen LogP contribution < -0.4 is 0 Å². The number of ether oxygens (including phenoxy) is 1. The van der Waals surface area contributed by atoms with E-state index < -0.39 is 0 Å². The first-order valence-corrected chi connectivity index (χ1v) is 13.0. The van der Waals surface area contributed by atoms with E-state index >= 15 is 0 Å². The van der Waals surface area contributed by atoms with E-state index in [1.165, 1.54) is 48.7 Å². The highest BCUT2D eigenvalue weighted by molar-refractivity contribution is 8.17. The minimum absolute atomic E-state index is 0.415. The summed E-state index contributed by atoms with van der Waals surface area (Å²) < 4.78 is 6.63. The minimum Gasteiger partial charge on any atom is -0.368 e. The van der Waals surface area contributed by atoms with Gasteiger partial charge in [-0.2, -0.15) is 11.8 Å². The second-order valence-corrected chi connectivity index (χ2v) is 12.4. The van der Waals surface area contributed by atoms with E-state index in [-0.39, 0.29) is 0 Å². The highest BCUT2D eigenvalue weighted by atomic mass is 32.2. The van der Waals surface area contributed by atoms with Crippen molar-refractivity contribution in [2.45, 2.75) is 54.8 Å². The highest BCUT2D eigenvalue weighted by Crippen LogP contribution is 2.43. The minimum atomic E-state index is 0.415. The molecule has 0 aromatic rings. The Morgan fingerprint density at radius 2 is 1.68 bits per heavy atom. The van der Waals surface area contributed by atoms with Crippen LogP contribution in [0.1, 0.15) is 39.5 Å². The summed E-state index contributed by atoms with van der Waals surface area (Å²) in [7, 11) is 0. The highest BCUT2D eigenvalue weighted by Gasteiger charge is 2.32. The molecule has 0 aliphatic carbocycles. The zero-order chi connectivity index (χ0) is 15.4. The molecule has 0 N–H and O–H groups in total. The zero-order valence-corrected chi connectivity index (χ0v) is 17.1. The van der Waals surface area contributed by atoms with Crippen LogP contribution in [0.5, 0.6) is 0 Å². The third-order valence-electron chi connectivity index (χ3n) is 4.96. The van der Waals surface area contributed by atoms with Crippen molar-refractivity contribution in [2.24, 2.45) is 17.8 Å². The van der Waals surface area contributed by atoms with Crippen LogP contribution in [-0.4, -0.2) is 44.9 Å². The SMILES string of the molecule is CC1CCC(CCC2CSC(C3COC(C)SC3)SC2)SC1. The molecule has 0 radical (unpaired) electrons. The summed E-state index contributed by atoms with van der Waals surface area (Å²) in [5.41, 5.74) is 0.415. The van der Waals surface area contributed by atoms with E-state index in [2.05, 4.69) is 49.1 Å². The van der Waals surface area contributed by atoms with Gasteiger partial charge in [-0.15, -0.1) is 35.3 Å². The molecule has 22 heavy (non-hydrogen) atoms. The summed E-state index contributed by atoms with van der Waals surface area (Å²) >= 11 is 8.71. The van der Waals surface area contributed by atoms with Crippen molar-refractivity contribution in [2.75, 3.05) is 29.6 Å². The molecule has 3 rings (SSSR count).